The zero-order valence-corrected chi connectivity index (χ0v) is 11.6. The minimum absolute atomic E-state index is 0.215. The molecule has 1 heterocycles. The number of pyridine rings is 1. The van der Waals surface area contributed by atoms with Gasteiger partial charge in [0.05, 0.1) is 10.6 Å². The molecule has 2 N–H and O–H groups in total. The smallest absolute Gasteiger partial charge is 0.264 e. The highest BCUT2D eigenvalue weighted by molar-refractivity contribution is 7.92. The van der Waals surface area contributed by atoms with Crippen molar-refractivity contribution in [3.05, 3.63) is 48.3 Å². The fraction of sp³-hybridized carbons (Fsp3) is 0.154. The molecule has 0 radical (unpaired) electrons. The van der Waals surface area contributed by atoms with Crippen LogP contribution in [0.3, 0.4) is 0 Å². The van der Waals surface area contributed by atoms with Crippen molar-refractivity contribution in [2.45, 2.75) is 11.8 Å². The van der Waals surface area contributed by atoms with Crippen molar-refractivity contribution in [1.82, 2.24) is 4.98 Å². The molecule has 0 unspecified atom stereocenters. The molecule has 0 aliphatic rings. The van der Waals surface area contributed by atoms with Crippen LogP contribution in [0, 0.1) is 6.92 Å². The molecule has 6 heteroatoms. The minimum Gasteiger partial charge on any atom is -0.398 e. The molecule has 1 aromatic carbocycles. The first kappa shape index (κ1) is 13.4. The Hall–Kier alpha value is -2.08. The van der Waals surface area contributed by atoms with Crippen LogP contribution in [0.25, 0.3) is 0 Å². The predicted molar refractivity (Wildman–Crippen MR) is 75.4 cm³/mol. The van der Waals surface area contributed by atoms with Crippen molar-refractivity contribution in [3.63, 3.8) is 0 Å². The standard InChI is InChI=1S/C13H15N3O2S/c1-10-12(14)4-3-5-13(10)19(17,18)16(2)11-6-8-15-9-7-11/h3-9H,14H2,1-2H3. The minimum atomic E-state index is -3.62. The molecule has 0 atom stereocenters. The monoisotopic (exact) mass is 277 g/mol. The van der Waals surface area contributed by atoms with Gasteiger partial charge in [-0.25, -0.2) is 8.42 Å². The summed E-state index contributed by atoms with van der Waals surface area (Å²) in [6.07, 6.45) is 3.10. The molecule has 0 saturated heterocycles. The fourth-order valence-corrected chi connectivity index (χ4v) is 3.20. The summed E-state index contributed by atoms with van der Waals surface area (Å²) in [6.45, 7) is 1.70. The third-order valence-corrected chi connectivity index (χ3v) is 4.92. The van der Waals surface area contributed by atoms with Crippen LogP contribution in [0.4, 0.5) is 11.4 Å². The van der Waals surface area contributed by atoms with E-state index in [2.05, 4.69) is 4.98 Å². The van der Waals surface area contributed by atoms with Crippen molar-refractivity contribution < 1.29 is 8.42 Å². The SMILES string of the molecule is Cc1c(N)cccc1S(=O)(=O)N(C)c1ccncc1. The van der Waals surface area contributed by atoms with Gasteiger partial charge in [0.2, 0.25) is 0 Å². The van der Waals surface area contributed by atoms with Crippen LogP contribution in [-0.4, -0.2) is 20.4 Å². The maximum Gasteiger partial charge on any atom is 0.264 e. The molecule has 2 rings (SSSR count). The van der Waals surface area contributed by atoms with Gasteiger partial charge in [-0.3, -0.25) is 9.29 Å². The van der Waals surface area contributed by atoms with E-state index in [4.69, 9.17) is 5.73 Å². The number of hydrogen-bond acceptors (Lipinski definition) is 4. The topological polar surface area (TPSA) is 76.3 Å². The summed E-state index contributed by atoms with van der Waals surface area (Å²) < 4.78 is 26.3. The Morgan fingerprint density at radius 3 is 2.42 bits per heavy atom. The van der Waals surface area contributed by atoms with Gasteiger partial charge in [0.15, 0.2) is 0 Å². The highest BCUT2D eigenvalue weighted by atomic mass is 32.2. The highest BCUT2D eigenvalue weighted by Gasteiger charge is 2.23. The maximum absolute atomic E-state index is 12.6. The van der Waals surface area contributed by atoms with Crippen LogP contribution in [-0.2, 0) is 10.0 Å². The van der Waals surface area contributed by atoms with E-state index in [9.17, 15) is 8.42 Å². The van der Waals surface area contributed by atoms with Crippen LogP contribution in [0.5, 0.6) is 0 Å². The molecule has 2 aromatic rings. The highest BCUT2D eigenvalue weighted by Crippen LogP contribution is 2.26. The maximum atomic E-state index is 12.6. The van der Waals surface area contributed by atoms with Gasteiger partial charge >= 0.3 is 0 Å². The molecule has 0 aliphatic heterocycles. The average Bonchev–Trinajstić information content (AvgIpc) is 2.41. The number of benzene rings is 1. The van der Waals surface area contributed by atoms with Crippen LogP contribution < -0.4 is 10.0 Å². The number of nitrogen functional groups attached to an aromatic ring is 1. The Morgan fingerprint density at radius 1 is 1.16 bits per heavy atom. The number of sulfonamides is 1. The summed E-state index contributed by atoms with van der Waals surface area (Å²) in [5, 5.41) is 0. The van der Waals surface area contributed by atoms with Crippen molar-refractivity contribution in [1.29, 1.82) is 0 Å². The van der Waals surface area contributed by atoms with Gasteiger partial charge in [-0.1, -0.05) is 6.07 Å². The number of hydrogen-bond donors (Lipinski definition) is 1. The van der Waals surface area contributed by atoms with E-state index in [-0.39, 0.29) is 4.90 Å². The van der Waals surface area contributed by atoms with Crippen LogP contribution in [0.2, 0.25) is 0 Å². The van der Waals surface area contributed by atoms with E-state index < -0.39 is 10.0 Å². The molecule has 0 amide bonds. The lowest BCUT2D eigenvalue weighted by atomic mass is 10.2. The molecule has 0 aliphatic carbocycles. The van der Waals surface area contributed by atoms with Gasteiger partial charge in [0.25, 0.3) is 10.0 Å². The first-order valence-electron chi connectivity index (χ1n) is 5.68. The fourth-order valence-electron chi connectivity index (χ4n) is 1.75. The molecule has 1 aromatic heterocycles. The van der Waals surface area contributed by atoms with Crippen molar-refractivity contribution in [3.8, 4) is 0 Å². The predicted octanol–water partition coefficient (Wildman–Crippen LogP) is 1.80. The van der Waals surface area contributed by atoms with Gasteiger partial charge in [-0.15, -0.1) is 0 Å². The van der Waals surface area contributed by atoms with Crippen LogP contribution >= 0.6 is 0 Å². The van der Waals surface area contributed by atoms with Crippen molar-refractivity contribution in [2.24, 2.45) is 0 Å². The van der Waals surface area contributed by atoms with E-state index in [1.165, 1.54) is 11.4 Å². The largest absolute Gasteiger partial charge is 0.398 e. The molecule has 5 nitrogen and oxygen atoms in total. The zero-order valence-electron chi connectivity index (χ0n) is 10.7. The lowest BCUT2D eigenvalue weighted by Crippen LogP contribution is -2.27. The van der Waals surface area contributed by atoms with Gasteiger partial charge < -0.3 is 5.73 Å². The van der Waals surface area contributed by atoms with Gasteiger partial charge in [0, 0.05) is 25.1 Å². The quantitative estimate of drug-likeness (QED) is 0.868. The number of anilines is 2. The normalized spacial score (nSPS) is 11.3. The van der Waals surface area contributed by atoms with E-state index >= 15 is 0 Å². The zero-order chi connectivity index (χ0) is 14.0. The summed E-state index contributed by atoms with van der Waals surface area (Å²) in [6, 6.07) is 8.15. The van der Waals surface area contributed by atoms with Crippen LogP contribution in [0.15, 0.2) is 47.6 Å². The molecule has 0 fully saturated rings. The number of rotatable bonds is 3. The third-order valence-electron chi connectivity index (χ3n) is 2.99. The second-order valence-corrected chi connectivity index (χ2v) is 6.09. The summed E-state index contributed by atoms with van der Waals surface area (Å²) in [7, 11) is -2.11. The summed E-state index contributed by atoms with van der Waals surface area (Å²) in [5.74, 6) is 0. The second-order valence-electron chi connectivity index (χ2n) is 4.15. The molecule has 0 bridgehead atoms. The lowest BCUT2D eigenvalue weighted by Gasteiger charge is -2.20. The van der Waals surface area contributed by atoms with Gasteiger partial charge in [-0.2, -0.15) is 0 Å². The Balaban J connectivity index is 2.52. The second kappa shape index (κ2) is 4.89. The number of nitrogens with two attached hydrogens (primary N) is 1. The Morgan fingerprint density at radius 2 is 1.79 bits per heavy atom. The molecule has 100 valence electrons. The van der Waals surface area contributed by atoms with E-state index in [0.29, 0.717) is 16.9 Å². The lowest BCUT2D eigenvalue weighted by molar-refractivity contribution is 0.594. The molecule has 0 saturated carbocycles. The van der Waals surface area contributed by atoms with Crippen molar-refractivity contribution >= 4 is 21.4 Å². The summed E-state index contributed by atoms with van der Waals surface area (Å²) in [4.78, 5) is 4.09. The van der Waals surface area contributed by atoms with E-state index in [0.717, 1.165) is 0 Å². The molecular weight excluding hydrogens is 262 g/mol. The first-order chi connectivity index (χ1) is 8.94. The number of aromatic nitrogens is 1. The Kier molecular flexibility index (Phi) is 3.44. The van der Waals surface area contributed by atoms with Gasteiger partial charge in [0.1, 0.15) is 0 Å². The van der Waals surface area contributed by atoms with E-state index in [1.54, 1.807) is 49.6 Å². The molecule has 19 heavy (non-hydrogen) atoms. The third kappa shape index (κ3) is 2.39. The van der Waals surface area contributed by atoms with E-state index in [1.807, 2.05) is 0 Å². The summed E-state index contributed by atoms with van der Waals surface area (Å²) in [5.41, 5.74) is 7.34. The number of nitrogens with zero attached hydrogens (tertiary/aromatic N) is 2. The van der Waals surface area contributed by atoms with Gasteiger partial charge in [-0.05, 0) is 36.8 Å². The Bertz CT molecular complexity index is 684. The van der Waals surface area contributed by atoms with Crippen molar-refractivity contribution in [2.75, 3.05) is 17.1 Å². The van der Waals surface area contributed by atoms with Crippen LogP contribution in [0.1, 0.15) is 5.56 Å². The Labute approximate surface area is 112 Å². The first-order valence-corrected chi connectivity index (χ1v) is 7.12. The molecular formula is C13H15N3O2S. The average molecular weight is 277 g/mol. The summed E-state index contributed by atoms with van der Waals surface area (Å²) >= 11 is 0. The molecule has 0 spiro atoms.